The van der Waals surface area contributed by atoms with Crippen LogP contribution in [-0.4, -0.2) is 32.3 Å². The molecule has 0 aliphatic carbocycles. The average molecular weight is 520 g/mol. The third kappa shape index (κ3) is 5.48. The molecule has 0 spiro atoms. The minimum atomic E-state index is -0.344. The molecule has 174 valence electrons. The highest BCUT2D eigenvalue weighted by atomic mass is 35.5. The second-order valence-corrected chi connectivity index (χ2v) is 9.80. The predicted molar refractivity (Wildman–Crippen MR) is 144 cm³/mol. The van der Waals surface area contributed by atoms with E-state index in [-0.39, 0.29) is 11.2 Å². The Kier molecular flexibility index (Phi) is 6.99. The van der Waals surface area contributed by atoms with Crippen molar-refractivity contribution in [2.75, 3.05) is 0 Å². The maximum atomic E-state index is 12.5. The predicted octanol–water partition coefficient (Wildman–Crippen LogP) is 6.01. The summed E-state index contributed by atoms with van der Waals surface area (Å²) in [5.41, 5.74) is 4.37. The molecule has 35 heavy (non-hydrogen) atoms. The molecule has 1 saturated heterocycles. The zero-order valence-corrected chi connectivity index (χ0v) is 20.6. The van der Waals surface area contributed by atoms with E-state index in [1.54, 1.807) is 18.3 Å². The van der Waals surface area contributed by atoms with Crippen LogP contribution in [0, 0.1) is 0 Å². The minimum absolute atomic E-state index is 0.128. The highest BCUT2D eigenvalue weighted by Crippen LogP contribution is 2.28. The van der Waals surface area contributed by atoms with Crippen molar-refractivity contribution in [2.24, 2.45) is 10.2 Å². The first-order valence-electron chi connectivity index (χ1n) is 10.8. The Morgan fingerprint density at radius 1 is 1.03 bits per heavy atom. The lowest BCUT2D eigenvalue weighted by Crippen LogP contribution is -2.26. The molecule has 0 saturated carbocycles. The van der Waals surface area contributed by atoms with Crippen molar-refractivity contribution >= 4 is 52.3 Å². The van der Waals surface area contributed by atoms with Crippen LogP contribution < -0.4 is 5.32 Å². The summed E-state index contributed by atoms with van der Waals surface area (Å²) in [6.45, 7) is 0. The van der Waals surface area contributed by atoms with E-state index < -0.39 is 0 Å². The third-order valence-electron chi connectivity index (χ3n) is 5.35. The number of carbonyl (C=O) groups is 1. The van der Waals surface area contributed by atoms with Crippen LogP contribution in [0.4, 0.5) is 0 Å². The number of carbonyl (C=O) groups excluding carboxylic acids is 1. The molecular formula is C26H19Cl2N5OS. The van der Waals surface area contributed by atoms with E-state index in [0.717, 1.165) is 28.1 Å². The Balaban J connectivity index is 1.36. The van der Waals surface area contributed by atoms with Gasteiger partial charge in [-0.1, -0.05) is 89.6 Å². The van der Waals surface area contributed by atoms with Crippen LogP contribution in [0.5, 0.6) is 0 Å². The summed E-state index contributed by atoms with van der Waals surface area (Å²) >= 11 is 13.6. The number of rotatable bonds is 6. The van der Waals surface area contributed by atoms with Gasteiger partial charge in [-0.15, -0.1) is 5.10 Å². The first-order chi connectivity index (χ1) is 17.1. The summed E-state index contributed by atoms with van der Waals surface area (Å²) in [6.07, 6.45) is 4.03. The molecule has 9 heteroatoms. The van der Waals surface area contributed by atoms with Gasteiger partial charge < -0.3 is 5.32 Å². The van der Waals surface area contributed by atoms with Gasteiger partial charge in [0.05, 0.1) is 17.2 Å². The SMILES string of the molecule is O=C1N/C(=N\N=C\c2cn(-c3ccccc3)nc2-c2ccccc2)SC1Cc1ccc(Cl)cc1Cl. The number of amidine groups is 1. The lowest BCUT2D eigenvalue weighted by atomic mass is 10.1. The fraction of sp³-hybridized carbons (Fsp3) is 0.0769. The highest BCUT2D eigenvalue weighted by Gasteiger charge is 2.31. The van der Waals surface area contributed by atoms with Gasteiger partial charge in [-0.25, -0.2) is 4.68 Å². The van der Waals surface area contributed by atoms with Crippen LogP contribution in [-0.2, 0) is 11.2 Å². The van der Waals surface area contributed by atoms with Crippen molar-refractivity contribution in [3.05, 3.63) is 106 Å². The topological polar surface area (TPSA) is 71.6 Å². The molecule has 1 aliphatic rings. The third-order valence-corrected chi connectivity index (χ3v) is 7.01. The van der Waals surface area contributed by atoms with E-state index >= 15 is 0 Å². The number of amides is 1. The molecular weight excluding hydrogens is 501 g/mol. The number of benzene rings is 3. The molecule has 1 atom stereocenters. The highest BCUT2D eigenvalue weighted by molar-refractivity contribution is 8.15. The van der Waals surface area contributed by atoms with Gasteiger partial charge in [-0.3, -0.25) is 4.79 Å². The number of hydrogen-bond acceptors (Lipinski definition) is 5. The van der Waals surface area contributed by atoms with Crippen molar-refractivity contribution in [3.63, 3.8) is 0 Å². The van der Waals surface area contributed by atoms with Gasteiger partial charge in [-0.05, 0) is 36.2 Å². The summed E-state index contributed by atoms with van der Waals surface area (Å²) in [5, 5.41) is 17.2. The zero-order valence-electron chi connectivity index (χ0n) is 18.3. The van der Waals surface area contributed by atoms with Crippen molar-refractivity contribution in [3.8, 4) is 16.9 Å². The lowest BCUT2D eigenvalue weighted by molar-refractivity contribution is -0.118. The van der Waals surface area contributed by atoms with Gasteiger partial charge >= 0.3 is 0 Å². The van der Waals surface area contributed by atoms with Crippen molar-refractivity contribution in [1.29, 1.82) is 0 Å². The molecule has 1 amide bonds. The number of hydrogen-bond donors (Lipinski definition) is 1. The quantitative estimate of drug-likeness (QED) is 0.250. The van der Waals surface area contributed by atoms with Gasteiger partial charge in [0.1, 0.15) is 5.69 Å². The normalized spacial score (nSPS) is 16.8. The van der Waals surface area contributed by atoms with Gasteiger partial charge in [-0.2, -0.15) is 10.2 Å². The van der Waals surface area contributed by atoms with Crippen molar-refractivity contribution in [2.45, 2.75) is 11.7 Å². The molecule has 3 aromatic carbocycles. The average Bonchev–Trinajstić information content (AvgIpc) is 3.45. The van der Waals surface area contributed by atoms with E-state index in [1.165, 1.54) is 11.8 Å². The Morgan fingerprint density at radius 2 is 1.77 bits per heavy atom. The minimum Gasteiger partial charge on any atom is -0.303 e. The number of nitrogens with one attached hydrogen (secondary N) is 1. The van der Waals surface area contributed by atoms with Gasteiger partial charge in [0.25, 0.3) is 0 Å². The molecule has 2 heterocycles. The second kappa shape index (κ2) is 10.5. The maximum Gasteiger partial charge on any atom is 0.239 e. The van der Waals surface area contributed by atoms with Crippen LogP contribution in [0.15, 0.2) is 95.3 Å². The summed E-state index contributed by atoms with van der Waals surface area (Å²) in [7, 11) is 0. The molecule has 1 unspecified atom stereocenters. The number of thioether (sulfide) groups is 1. The Labute approximate surface area is 216 Å². The molecule has 1 aromatic heterocycles. The van der Waals surface area contributed by atoms with Gasteiger partial charge in [0.2, 0.25) is 5.91 Å². The largest absolute Gasteiger partial charge is 0.303 e. The molecule has 1 fully saturated rings. The summed E-state index contributed by atoms with van der Waals surface area (Å²) in [6, 6.07) is 25.0. The molecule has 1 aliphatic heterocycles. The molecule has 0 bridgehead atoms. The summed E-state index contributed by atoms with van der Waals surface area (Å²) in [5.74, 6) is -0.128. The maximum absolute atomic E-state index is 12.5. The van der Waals surface area contributed by atoms with Crippen LogP contribution in [0.25, 0.3) is 16.9 Å². The lowest BCUT2D eigenvalue weighted by Gasteiger charge is -2.07. The number of halogens is 2. The Morgan fingerprint density at radius 3 is 2.51 bits per heavy atom. The van der Waals surface area contributed by atoms with Crippen LogP contribution in [0.2, 0.25) is 10.0 Å². The Hall–Kier alpha value is -3.39. The second-order valence-electron chi connectivity index (χ2n) is 7.76. The van der Waals surface area contributed by atoms with Crippen molar-refractivity contribution in [1.82, 2.24) is 15.1 Å². The summed E-state index contributed by atoms with van der Waals surface area (Å²) < 4.78 is 1.81. The van der Waals surface area contributed by atoms with Crippen LogP contribution >= 0.6 is 35.0 Å². The Bertz CT molecular complexity index is 1420. The summed E-state index contributed by atoms with van der Waals surface area (Å²) in [4.78, 5) is 12.5. The number of aromatic nitrogens is 2. The van der Waals surface area contributed by atoms with E-state index in [4.69, 9.17) is 28.3 Å². The first-order valence-corrected chi connectivity index (χ1v) is 12.4. The van der Waals surface area contributed by atoms with Gasteiger partial charge in [0, 0.05) is 27.4 Å². The smallest absolute Gasteiger partial charge is 0.239 e. The van der Waals surface area contributed by atoms with Gasteiger partial charge in [0.15, 0.2) is 5.17 Å². The zero-order chi connectivity index (χ0) is 24.2. The van der Waals surface area contributed by atoms with E-state index in [0.29, 0.717) is 21.6 Å². The van der Waals surface area contributed by atoms with Crippen LogP contribution in [0.3, 0.4) is 0 Å². The van der Waals surface area contributed by atoms with Crippen LogP contribution in [0.1, 0.15) is 11.1 Å². The molecule has 4 aromatic rings. The molecule has 0 radical (unpaired) electrons. The molecule has 1 N–H and O–H groups in total. The van der Waals surface area contributed by atoms with Crippen molar-refractivity contribution < 1.29 is 4.79 Å². The molecule has 6 nitrogen and oxygen atoms in total. The first kappa shape index (κ1) is 23.4. The number of nitrogens with zero attached hydrogens (tertiary/aromatic N) is 4. The fourth-order valence-electron chi connectivity index (χ4n) is 3.63. The fourth-order valence-corrected chi connectivity index (χ4v) is 5.07. The van der Waals surface area contributed by atoms with E-state index in [2.05, 4.69) is 15.5 Å². The molecule has 5 rings (SSSR count). The van der Waals surface area contributed by atoms with E-state index in [9.17, 15) is 4.79 Å². The number of para-hydroxylation sites is 1. The standard InChI is InChI=1S/C26H19Cl2N5OS/c27-20-12-11-18(22(28)14-20)13-23-25(34)30-26(35-23)31-29-15-19-16-33(21-9-5-2-6-10-21)32-24(19)17-7-3-1-4-8-17/h1-12,14-16,23H,13H2,(H,30,31,34)/b29-15+. The van der Waals surface area contributed by atoms with E-state index in [1.807, 2.05) is 77.6 Å². The monoisotopic (exact) mass is 519 g/mol.